The minimum Gasteiger partial charge on any atom is -0.423 e. The molecule has 6 heteroatoms. The molecular formula is C21H18F2O4. The Morgan fingerprint density at radius 1 is 0.926 bits per heavy atom. The van der Waals surface area contributed by atoms with Crippen LogP contribution in [0.5, 0.6) is 11.5 Å². The summed E-state index contributed by atoms with van der Waals surface area (Å²) in [4.78, 5) is 23.1. The van der Waals surface area contributed by atoms with Crippen molar-refractivity contribution >= 4 is 11.9 Å². The van der Waals surface area contributed by atoms with Crippen molar-refractivity contribution in [3.05, 3.63) is 72.3 Å². The van der Waals surface area contributed by atoms with Crippen LogP contribution < -0.4 is 9.47 Å². The van der Waals surface area contributed by atoms with E-state index in [-0.39, 0.29) is 23.3 Å². The second-order valence-electron chi connectivity index (χ2n) is 6.04. The second-order valence-corrected chi connectivity index (χ2v) is 6.04. The lowest BCUT2D eigenvalue weighted by molar-refractivity contribution is -0.134. The molecule has 0 spiro atoms. The van der Waals surface area contributed by atoms with Gasteiger partial charge in [0.25, 0.3) is 0 Å². The Balaban J connectivity index is 2.23. The summed E-state index contributed by atoms with van der Waals surface area (Å²) in [6, 6.07) is 8.34. The third-order valence-electron chi connectivity index (χ3n) is 3.44. The first-order chi connectivity index (χ1) is 12.7. The number of hydrogen-bond donors (Lipinski definition) is 0. The van der Waals surface area contributed by atoms with E-state index in [0.29, 0.717) is 11.1 Å². The van der Waals surface area contributed by atoms with E-state index < -0.39 is 29.3 Å². The maximum Gasteiger partial charge on any atom is 0.338 e. The Morgan fingerprint density at radius 2 is 1.56 bits per heavy atom. The first-order valence-electron chi connectivity index (χ1n) is 8.00. The number of rotatable bonds is 6. The van der Waals surface area contributed by atoms with Crippen LogP contribution in [0.2, 0.25) is 0 Å². The molecule has 0 bridgehead atoms. The summed E-state index contributed by atoms with van der Waals surface area (Å²) >= 11 is 0. The van der Waals surface area contributed by atoms with Crippen molar-refractivity contribution in [2.75, 3.05) is 0 Å². The van der Waals surface area contributed by atoms with Crippen molar-refractivity contribution in [3.63, 3.8) is 0 Å². The third kappa shape index (κ3) is 5.10. The molecule has 0 aliphatic rings. The highest BCUT2D eigenvalue weighted by molar-refractivity contribution is 5.88. The van der Waals surface area contributed by atoms with E-state index in [1.165, 1.54) is 43.3 Å². The molecule has 0 saturated heterocycles. The smallest absolute Gasteiger partial charge is 0.338 e. The molecule has 0 atom stereocenters. The number of carbonyl (C=O) groups excluding carboxylic acids is 2. The zero-order chi connectivity index (χ0) is 20.1. The highest BCUT2D eigenvalue weighted by Gasteiger charge is 2.18. The number of carbonyl (C=O) groups is 2. The van der Waals surface area contributed by atoms with Crippen molar-refractivity contribution in [2.45, 2.75) is 20.3 Å². The second kappa shape index (κ2) is 8.40. The van der Waals surface area contributed by atoms with Crippen LogP contribution in [0.1, 0.15) is 20.3 Å². The van der Waals surface area contributed by atoms with Crippen molar-refractivity contribution in [1.29, 1.82) is 0 Å². The van der Waals surface area contributed by atoms with Gasteiger partial charge in [-0.15, -0.1) is 0 Å². The fourth-order valence-electron chi connectivity index (χ4n) is 2.14. The van der Waals surface area contributed by atoms with Gasteiger partial charge in [0.05, 0.1) is 6.42 Å². The standard InChI is InChI=1S/C21H18F2O4/c1-12(2)11-18(24)27-17-10-9-16(19(22)20(17)23)14-5-7-15(8-6-14)26-21(25)13(3)4/h5-10H,1,3,11H2,2,4H3. The first kappa shape index (κ1) is 20.0. The van der Waals surface area contributed by atoms with Gasteiger partial charge in [-0.05, 0) is 43.7 Å². The summed E-state index contributed by atoms with van der Waals surface area (Å²) in [5.74, 6) is -3.96. The number of hydrogen-bond acceptors (Lipinski definition) is 4. The molecule has 27 heavy (non-hydrogen) atoms. The maximum absolute atomic E-state index is 14.4. The number of benzene rings is 2. The summed E-state index contributed by atoms with van der Waals surface area (Å²) in [6.45, 7) is 10.2. The molecule has 0 radical (unpaired) electrons. The molecule has 0 fully saturated rings. The largest absolute Gasteiger partial charge is 0.423 e. The van der Waals surface area contributed by atoms with Gasteiger partial charge in [0, 0.05) is 11.1 Å². The fourth-order valence-corrected chi connectivity index (χ4v) is 2.14. The van der Waals surface area contributed by atoms with Gasteiger partial charge in [0.2, 0.25) is 5.82 Å². The SMILES string of the molecule is C=C(C)CC(=O)Oc1ccc(-c2ccc(OC(=O)C(=C)C)cc2)c(F)c1F. The van der Waals surface area contributed by atoms with Crippen LogP contribution in [0.15, 0.2) is 60.7 Å². The molecule has 2 rings (SSSR count). The fraction of sp³-hybridized carbons (Fsp3) is 0.143. The van der Waals surface area contributed by atoms with E-state index in [0.717, 1.165) is 0 Å². The summed E-state index contributed by atoms with van der Waals surface area (Å²) in [5, 5.41) is 0. The molecule has 2 aromatic carbocycles. The van der Waals surface area contributed by atoms with Gasteiger partial charge in [-0.3, -0.25) is 4.79 Å². The molecule has 0 aromatic heterocycles. The normalized spacial score (nSPS) is 10.2. The Kier molecular flexibility index (Phi) is 6.23. The first-order valence-corrected chi connectivity index (χ1v) is 8.00. The lowest BCUT2D eigenvalue weighted by Crippen LogP contribution is -2.10. The Hall–Kier alpha value is -3.28. The predicted octanol–water partition coefficient (Wildman–Crippen LogP) is 4.98. The molecule has 0 aliphatic carbocycles. The van der Waals surface area contributed by atoms with E-state index >= 15 is 0 Å². The average Bonchev–Trinajstić information content (AvgIpc) is 2.59. The van der Waals surface area contributed by atoms with Gasteiger partial charge in [-0.25, -0.2) is 9.18 Å². The van der Waals surface area contributed by atoms with E-state index in [9.17, 15) is 18.4 Å². The van der Waals surface area contributed by atoms with Gasteiger partial charge in [0.1, 0.15) is 5.75 Å². The molecule has 4 nitrogen and oxygen atoms in total. The van der Waals surface area contributed by atoms with Crippen molar-refractivity contribution in [1.82, 2.24) is 0 Å². The Labute approximate surface area is 155 Å². The zero-order valence-corrected chi connectivity index (χ0v) is 15.0. The van der Waals surface area contributed by atoms with Crippen LogP contribution in [0.25, 0.3) is 11.1 Å². The highest BCUT2D eigenvalue weighted by atomic mass is 19.2. The molecule has 2 aromatic rings. The molecule has 0 unspecified atom stereocenters. The number of ether oxygens (including phenoxy) is 2. The van der Waals surface area contributed by atoms with Crippen molar-refractivity contribution in [3.8, 4) is 22.6 Å². The van der Waals surface area contributed by atoms with Gasteiger partial charge < -0.3 is 9.47 Å². The topological polar surface area (TPSA) is 52.6 Å². The summed E-state index contributed by atoms with van der Waals surface area (Å²) < 4.78 is 38.5. The zero-order valence-electron chi connectivity index (χ0n) is 15.0. The van der Waals surface area contributed by atoms with Crippen LogP contribution in [-0.2, 0) is 9.59 Å². The molecule has 0 N–H and O–H groups in total. The van der Waals surface area contributed by atoms with Crippen molar-refractivity contribution < 1.29 is 27.8 Å². The maximum atomic E-state index is 14.4. The van der Waals surface area contributed by atoms with E-state index in [1.807, 2.05) is 0 Å². The lowest BCUT2D eigenvalue weighted by atomic mass is 10.0. The van der Waals surface area contributed by atoms with E-state index in [2.05, 4.69) is 13.2 Å². The van der Waals surface area contributed by atoms with Gasteiger partial charge in [-0.1, -0.05) is 30.9 Å². The van der Waals surface area contributed by atoms with Crippen LogP contribution in [0.4, 0.5) is 8.78 Å². The quantitative estimate of drug-likeness (QED) is 0.310. The van der Waals surface area contributed by atoms with Crippen LogP contribution in [-0.4, -0.2) is 11.9 Å². The van der Waals surface area contributed by atoms with E-state index in [1.54, 1.807) is 6.92 Å². The van der Waals surface area contributed by atoms with Gasteiger partial charge in [0.15, 0.2) is 11.6 Å². The lowest BCUT2D eigenvalue weighted by Gasteiger charge is -2.10. The summed E-state index contributed by atoms with van der Waals surface area (Å²) in [6.07, 6.45) is -0.0901. The van der Waals surface area contributed by atoms with E-state index in [4.69, 9.17) is 9.47 Å². The molecule has 0 aliphatic heterocycles. The number of esters is 2. The van der Waals surface area contributed by atoms with Crippen LogP contribution >= 0.6 is 0 Å². The number of halogens is 2. The Morgan fingerprint density at radius 3 is 2.11 bits per heavy atom. The summed E-state index contributed by atoms with van der Waals surface area (Å²) in [5.41, 5.74) is 1.13. The Bertz CT molecular complexity index is 915. The average molecular weight is 372 g/mol. The minimum atomic E-state index is -1.26. The van der Waals surface area contributed by atoms with Gasteiger partial charge >= 0.3 is 11.9 Å². The highest BCUT2D eigenvalue weighted by Crippen LogP contribution is 2.31. The van der Waals surface area contributed by atoms with Crippen LogP contribution in [0, 0.1) is 11.6 Å². The third-order valence-corrected chi connectivity index (χ3v) is 3.44. The minimum absolute atomic E-state index is 0.0232. The monoisotopic (exact) mass is 372 g/mol. The van der Waals surface area contributed by atoms with Crippen molar-refractivity contribution in [2.24, 2.45) is 0 Å². The van der Waals surface area contributed by atoms with Crippen LogP contribution in [0.3, 0.4) is 0 Å². The van der Waals surface area contributed by atoms with Gasteiger partial charge in [-0.2, -0.15) is 4.39 Å². The predicted molar refractivity (Wildman–Crippen MR) is 97.3 cm³/mol. The molecule has 0 heterocycles. The summed E-state index contributed by atoms with van der Waals surface area (Å²) in [7, 11) is 0. The molecule has 0 saturated carbocycles. The molecular weight excluding hydrogens is 354 g/mol. The molecule has 140 valence electrons. The molecule has 0 amide bonds.